The molecule has 0 radical (unpaired) electrons. The summed E-state index contributed by atoms with van der Waals surface area (Å²) in [5, 5.41) is 11.8. The average molecular weight is 346 g/mol. The van der Waals surface area contributed by atoms with E-state index in [1.807, 2.05) is 0 Å². The molecule has 0 unspecified atom stereocenters. The van der Waals surface area contributed by atoms with Crippen molar-refractivity contribution in [1.29, 1.82) is 0 Å². The summed E-state index contributed by atoms with van der Waals surface area (Å²) in [6.45, 7) is 1.56. The summed E-state index contributed by atoms with van der Waals surface area (Å²) in [5.74, 6) is 0.521. The van der Waals surface area contributed by atoms with Crippen LogP contribution in [0.25, 0.3) is 10.9 Å². The average Bonchev–Trinajstić information content (AvgIpc) is 2.98. The van der Waals surface area contributed by atoms with Crippen molar-refractivity contribution in [1.82, 2.24) is 3.97 Å². The number of nitro benzene ring substituents is 1. The molecule has 124 valence electrons. The van der Waals surface area contributed by atoms with Gasteiger partial charge in [-0.1, -0.05) is 6.07 Å². The summed E-state index contributed by atoms with van der Waals surface area (Å²) in [6.07, 6.45) is 1.42. The number of methoxy groups -OCH3 is 1. The number of ether oxygens (including phenoxy) is 1. The Morgan fingerprint density at radius 3 is 2.54 bits per heavy atom. The minimum Gasteiger partial charge on any atom is -0.497 e. The van der Waals surface area contributed by atoms with Crippen molar-refractivity contribution >= 4 is 26.6 Å². The Labute approximate surface area is 138 Å². The molecule has 0 atom stereocenters. The molecule has 2 aromatic carbocycles. The molecule has 0 saturated carbocycles. The van der Waals surface area contributed by atoms with E-state index in [2.05, 4.69) is 0 Å². The molecular weight excluding hydrogens is 332 g/mol. The molecule has 0 fully saturated rings. The topological polar surface area (TPSA) is 91.4 Å². The van der Waals surface area contributed by atoms with Crippen molar-refractivity contribution in [3.05, 3.63) is 64.3 Å². The fourth-order valence-electron chi connectivity index (χ4n) is 2.48. The second-order valence-corrected chi connectivity index (χ2v) is 7.06. The Balaban J connectivity index is 2.22. The maximum Gasteiger partial charge on any atom is 0.273 e. The van der Waals surface area contributed by atoms with Crippen molar-refractivity contribution in [2.45, 2.75) is 11.8 Å². The van der Waals surface area contributed by atoms with Crippen LogP contribution in [-0.4, -0.2) is 24.4 Å². The first-order valence-corrected chi connectivity index (χ1v) is 8.44. The largest absolute Gasteiger partial charge is 0.497 e. The van der Waals surface area contributed by atoms with E-state index in [0.717, 1.165) is 15.4 Å². The Bertz CT molecular complexity index is 1050. The molecule has 0 aliphatic heterocycles. The van der Waals surface area contributed by atoms with Crippen molar-refractivity contribution in [2.75, 3.05) is 7.11 Å². The Morgan fingerprint density at radius 1 is 1.12 bits per heavy atom. The van der Waals surface area contributed by atoms with Gasteiger partial charge in [-0.2, -0.15) is 0 Å². The third-order valence-electron chi connectivity index (χ3n) is 3.80. The van der Waals surface area contributed by atoms with Crippen LogP contribution >= 0.6 is 0 Å². The number of aromatic nitrogens is 1. The molecular formula is C16H14N2O5S. The number of hydrogen-bond donors (Lipinski definition) is 0. The fourth-order valence-corrected chi connectivity index (χ4v) is 3.85. The molecule has 0 bridgehead atoms. The summed E-state index contributed by atoms with van der Waals surface area (Å²) >= 11 is 0. The molecule has 7 nitrogen and oxygen atoms in total. The Hall–Kier alpha value is -2.87. The van der Waals surface area contributed by atoms with Crippen LogP contribution in [0.4, 0.5) is 5.69 Å². The summed E-state index contributed by atoms with van der Waals surface area (Å²) < 4.78 is 32.0. The highest BCUT2D eigenvalue weighted by Crippen LogP contribution is 2.28. The highest BCUT2D eigenvalue weighted by molar-refractivity contribution is 7.90. The van der Waals surface area contributed by atoms with Crippen LogP contribution in [0.5, 0.6) is 5.75 Å². The van der Waals surface area contributed by atoms with Crippen LogP contribution in [0, 0.1) is 17.0 Å². The lowest BCUT2D eigenvalue weighted by Crippen LogP contribution is -2.12. The van der Waals surface area contributed by atoms with Gasteiger partial charge in [0.2, 0.25) is 0 Å². The lowest BCUT2D eigenvalue weighted by Gasteiger charge is -2.09. The zero-order valence-electron chi connectivity index (χ0n) is 13.0. The SMILES string of the molecule is COc1ccc2ccn(S(=O)(=O)c3ccc(C)c([N+](=O)[O-])c3)c2c1. The maximum atomic E-state index is 12.9. The molecule has 24 heavy (non-hydrogen) atoms. The standard InChI is InChI=1S/C16H14N2O5S/c1-11-3-6-14(10-15(11)18(19)20)24(21,22)17-8-7-12-4-5-13(23-2)9-16(12)17/h3-10H,1-2H3. The van der Waals surface area contributed by atoms with Crippen LogP contribution in [0.1, 0.15) is 5.56 Å². The van der Waals surface area contributed by atoms with Crippen LogP contribution in [-0.2, 0) is 10.0 Å². The molecule has 0 aliphatic rings. The van der Waals surface area contributed by atoms with E-state index in [-0.39, 0.29) is 10.6 Å². The first kappa shape index (κ1) is 16.0. The van der Waals surface area contributed by atoms with Crippen LogP contribution < -0.4 is 4.74 Å². The van der Waals surface area contributed by atoms with Gasteiger partial charge in [0.05, 0.1) is 22.4 Å². The highest BCUT2D eigenvalue weighted by atomic mass is 32.2. The lowest BCUT2D eigenvalue weighted by molar-refractivity contribution is -0.385. The molecule has 1 heterocycles. The molecule has 3 aromatic rings. The fraction of sp³-hybridized carbons (Fsp3) is 0.125. The highest BCUT2D eigenvalue weighted by Gasteiger charge is 2.23. The van der Waals surface area contributed by atoms with E-state index in [1.54, 1.807) is 31.2 Å². The zero-order valence-corrected chi connectivity index (χ0v) is 13.8. The number of nitro groups is 1. The third kappa shape index (κ3) is 2.50. The monoisotopic (exact) mass is 346 g/mol. The number of aryl methyl sites for hydroxylation is 1. The molecule has 0 amide bonds. The minimum atomic E-state index is -3.96. The van der Waals surface area contributed by atoms with Gasteiger partial charge in [0.1, 0.15) is 5.75 Å². The van der Waals surface area contributed by atoms with Crippen molar-refractivity contribution < 1.29 is 18.1 Å². The number of benzene rings is 2. The second-order valence-electron chi connectivity index (χ2n) is 5.25. The van der Waals surface area contributed by atoms with E-state index >= 15 is 0 Å². The van der Waals surface area contributed by atoms with Gasteiger partial charge in [0, 0.05) is 29.3 Å². The molecule has 0 aliphatic carbocycles. The van der Waals surface area contributed by atoms with Gasteiger partial charge in [0.15, 0.2) is 0 Å². The van der Waals surface area contributed by atoms with Crippen molar-refractivity contribution in [3.63, 3.8) is 0 Å². The van der Waals surface area contributed by atoms with Gasteiger partial charge < -0.3 is 4.74 Å². The first-order chi connectivity index (χ1) is 11.3. The summed E-state index contributed by atoms with van der Waals surface area (Å²) in [6, 6.07) is 10.6. The van der Waals surface area contributed by atoms with Crippen LogP contribution in [0.2, 0.25) is 0 Å². The van der Waals surface area contributed by atoms with Gasteiger partial charge in [-0.05, 0) is 31.2 Å². The summed E-state index contributed by atoms with van der Waals surface area (Å²) in [4.78, 5) is 10.3. The minimum absolute atomic E-state index is 0.139. The van der Waals surface area contributed by atoms with Gasteiger partial charge >= 0.3 is 0 Å². The normalized spacial score (nSPS) is 11.6. The Kier molecular flexibility index (Phi) is 3.76. The second kappa shape index (κ2) is 5.64. The third-order valence-corrected chi connectivity index (χ3v) is 5.48. The molecule has 0 saturated heterocycles. The Morgan fingerprint density at radius 2 is 1.88 bits per heavy atom. The van der Waals surface area contributed by atoms with Crippen molar-refractivity contribution in [2.24, 2.45) is 0 Å². The van der Waals surface area contributed by atoms with E-state index < -0.39 is 14.9 Å². The van der Waals surface area contributed by atoms with Crippen LogP contribution in [0.15, 0.2) is 53.6 Å². The summed E-state index contributed by atoms with van der Waals surface area (Å²) in [7, 11) is -2.47. The smallest absolute Gasteiger partial charge is 0.273 e. The molecule has 1 aromatic heterocycles. The molecule has 0 spiro atoms. The van der Waals surface area contributed by atoms with Crippen LogP contribution in [0.3, 0.4) is 0 Å². The number of hydrogen-bond acceptors (Lipinski definition) is 5. The van der Waals surface area contributed by atoms with Gasteiger partial charge in [0.25, 0.3) is 15.7 Å². The van der Waals surface area contributed by atoms with Gasteiger partial charge in [-0.3, -0.25) is 10.1 Å². The first-order valence-electron chi connectivity index (χ1n) is 7.00. The van der Waals surface area contributed by atoms with Gasteiger partial charge in [-0.25, -0.2) is 12.4 Å². The quantitative estimate of drug-likeness (QED) is 0.535. The number of nitrogens with zero attached hydrogens (tertiary/aromatic N) is 2. The molecule has 8 heteroatoms. The lowest BCUT2D eigenvalue weighted by atomic mass is 10.2. The maximum absolute atomic E-state index is 12.9. The molecule has 0 N–H and O–H groups in total. The van der Waals surface area contributed by atoms with E-state index in [4.69, 9.17) is 4.74 Å². The van der Waals surface area contributed by atoms with E-state index in [9.17, 15) is 18.5 Å². The summed E-state index contributed by atoms with van der Waals surface area (Å²) in [5.41, 5.74) is 0.612. The predicted octanol–water partition coefficient (Wildman–Crippen LogP) is 3.10. The molecule has 3 rings (SSSR count). The van der Waals surface area contributed by atoms with Gasteiger partial charge in [-0.15, -0.1) is 0 Å². The number of rotatable bonds is 4. The predicted molar refractivity (Wildman–Crippen MR) is 88.9 cm³/mol. The van der Waals surface area contributed by atoms with Crippen molar-refractivity contribution in [3.8, 4) is 5.75 Å². The van der Waals surface area contributed by atoms with E-state index in [1.165, 1.54) is 25.4 Å². The van der Waals surface area contributed by atoms with E-state index in [0.29, 0.717) is 16.8 Å². The number of fused-ring (bicyclic) bond motifs is 1. The zero-order chi connectivity index (χ0) is 17.5.